The molecule has 0 saturated carbocycles. The van der Waals surface area contributed by atoms with Crippen LogP contribution in [-0.2, 0) is 4.79 Å². The van der Waals surface area contributed by atoms with Crippen LogP contribution in [0.15, 0.2) is 0 Å². The lowest BCUT2D eigenvalue weighted by Crippen LogP contribution is -2.37. The van der Waals surface area contributed by atoms with Gasteiger partial charge in [-0.2, -0.15) is 5.26 Å². The Hall–Kier alpha value is -1.08. The van der Waals surface area contributed by atoms with Gasteiger partial charge in [-0.25, -0.2) is 0 Å². The number of carbonyl (C=O) groups excluding carboxylic acids is 1. The fourth-order valence-electron chi connectivity index (χ4n) is 1.40. The number of nitriles is 1. The third kappa shape index (κ3) is 6.08. The van der Waals surface area contributed by atoms with Crippen molar-refractivity contribution < 1.29 is 4.79 Å². The lowest BCUT2D eigenvalue weighted by atomic mass is 10.2. The van der Waals surface area contributed by atoms with E-state index in [1.807, 2.05) is 20.9 Å². The number of carbonyl (C=O) groups is 1. The van der Waals surface area contributed by atoms with Gasteiger partial charge in [-0.15, -0.1) is 0 Å². The molecule has 4 nitrogen and oxygen atoms in total. The Morgan fingerprint density at radius 1 is 1.53 bits per heavy atom. The summed E-state index contributed by atoms with van der Waals surface area (Å²) in [5.41, 5.74) is 0. The van der Waals surface area contributed by atoms with E-state index in [4.69, 9.17) is 5.26 Å². The van der Waals surface area contributed by atoms with Crippen molar-refractivity contribution in [2.45, 2.75) is 39.2 Å². The number of nitrogens with zero attached hydrogens (tertiary/aromatic N) is 2. The number of rotatable bonds is 7. The first-order chi connectivity index (χ1) is 7.13. The molecule has 1 N–H and O–H groups in total. The van der Waals surface area contributed by atoms with Gasteiger partial charge >= 0.3 is 0 Å². The van der Waals surface area contributed by atoms with Gasteiger partial charge in [-0.1, -0.05) is 0 Å². The van der Waals surface area contributed by atoms with Crippen molar-refractivity contribution in [3.05, 3.63) is 0 Å². The van der Waals surface area contributed by atoms with Crippen LogP contribution in [0.5, 0.6) is 0 Å². The number of nitrogens with one attached hydrogen (secondary N) is 1. The molecular formula is C11H21N3O. The van der Waals surface area contributed by atoms with E-state index in [0.29, 0.717) is 19.4 Å². The van der Waals surface area contributed by atoms with Gasteiger partial charge in [-0.3, -0.25) is 4.79 Å². The van der Waals surface area contributed by atoms with E-state index in [2.05, 4.69) is 11.4 Å². The molecule has 15 heavy (non-hydrogen) atoms. The zero-order valence-electron chi connectivity index (χ0n) is 9.92. The fraction of sp³-hybridized carbons (Fsp3) is 0.818. The standard InChI is InChI=1S/C11H21N3O/c1-10(2)14(9-5-7-12)11(15)6-4-8-13-3/h10,13H,4-6,8-9H2,1-3H3. The van der Waals surface area contributed by atoms with Gasteiger partial charge in [0.15, 0.2) is 0 Å². The molecule has 0 aromatic rings. The molecule has 4 heteroatoms. The summed E-state index contributed by atoms with van der Waals surface area (Å²) in [6.07, 6.45) is 1.82. The molecule has 0 radical (unpaired) electrons. The molecule has 0 bridgehead atoms. The molecule has 0 aliphatic carbocycles. The van der Waals surface area contributed by atoms with Gasteiger partial charge in [0.05, 0.1) is 12.5 Å². The number of hydrogen-bond acceptors (Lipinski definition) is 3. The maximum absolute atomic E-state index is 11.8. The molecule has 0 unspecified atom stereocenters. The van der Waals surface area contributed by atoms with Crippen molar-refractivity contribution in [2.24, 2.45) is 0 Å². The van der Waals surface area contributed by atoms with Crippen molar-refractivity contribution in [3.63, 3.8) is 0 Å². The van der Waals surface area contributed by atoms with Crippen molar-refractivity contribution in [3.8, 4) is 6.07 Å². The van der Waals surface area contributed by atoms with Crippen molar-refractivity contribution in [1.29, 1.82) is 5.26 Å². The maximum Gasteiger partial charge on any atom is 0.222 e. The molecule has 0 saturated heterocycles. The molecule has 0 spiro atoms. The number of hydrogen-bond donors (Lipinski definition) is 1. The predicted octanol–water partition coefficient (Wildman–Crippen LogP) is 1.14. The highest BCUT2D eigenvalue weighted by molar-refractivity contribution is 5.76. The van der Waals surface area contributed by atoms with E-state index in [9.17, 15) is 4.79 Å². The zero-order valence-corrected chi connectivity index (χ0v) is 9.92. The molecular weight excluding hydrogens is 190 g/mol. The van der Waals surface area contributed by atoms with Crippen molar-refractivity contribution >= 4 is 5.91 Å². The lowest BCUT2D eigenvalue weighted by Gasteiger charge is -2.25. The van der Waals surface area contributed by atoms with Gasteiger partial charge in [0.1, 0.15) is 0 Å². The van der Waals surface area contributed by atoms with E-state index < -0.39 is 0 Å². The fourth-order valence-corrected chi connectivity index (χ4v) is 1.40. The minimum atomic E-state index is 0.149. The van der Waals surface area contributed by atoms with E-state index in [1.165, 1.54) is 0 Å². The second kappa shape index (κ2) is 8.25. The molecule has 0 rings (SSSR count). The second-order valence-corrected chi connectivity index (χ2v) is 3.80. The van der Waals surface area contributed by atoms with E-state index >= 15 is 0 Å². The van der Waals surface area contributed by atoms with Crippen LogP contribution in [0.1, 0.15) is 33.1 Å². The second-order valence-electron chi connectivity index (χ2n) is 3.80. The molecule has 0 fully saturated rings. The van der Waals surface area contributed by atoms with Gasteiger partial charge < -0.3 is 10.2 Å². The summed E-state index contributed by atoms with van der Waals surface area (Å²) in [7, 11) is 1.88. The molecule has 0 atom stereocenters. The summed E-state index contributed by atoms with van der Waals surface area (Å²) >= 11 is 0. The Labute approximate surface area is 92.3 Å². The SMILES string of the molecule is CNCCCC(=O)N(CCC#N)C(C)C. The minimum Gasteiger partial charge on any atom is -0.339 e. The zero-order chi connectivity index (χ0) is 11.7. The monoisotopic (exact) mass is 211 g/mol. The molecule has 86 valence electrons. The third-order valence-corrected chi connectivity index (χ3v) is 2.23. The molecule has 0 aliphatic heterocycles. The molecule has 0 aliphatic rings. The van der Waals surface area contributed by atoms with Crippen molar-refractivity contribution in [2.75, 3.05) is 20.1 Å². The Kier molecular flexibility index (Phi) is 7.65. The van der Waals surface area contributed by atoms with Gasteiger partial charge in [0, 0.05) is 19.0 Å². The van der Waals surface area contributed by atoms with Crippen molar-refractivity contribution in [1.82, 2.24) is 10.2 Å². The topological polar surface area (TPSA) is 56.1 Å². The lowest BCUT2D eigenvalue weighted by molar-refractivity contribution is -0.132. The Bertz CT molecular complexity index is 220. The first-order valence-electron chi connectivity index (χ1n) is 5.44. The highest BCUT2D eigenvalue weighted by Gasteiger charge is 2.15. The molecule has 0 aromatic heterocycles. The van der Waals surface area contributed by atoms with Crippen LogP contribution in [0.4, 0.5) is 0 Å². The number of amides is 1. The van der Waals surface area contributed by atoms with Gasteiger partial charge in [-0.05, 0) is 33.9 Å². The van der Waals surface area contributed by atoms with E-state index in [1.54, 1.807) is 4.90 Å². The largest absolute Gasteiger partial charge is 0.339 e. The maximum atomic E-state index is 11.8. The average Bonchev–Trinajstić information content (AvgIpc) is 2.18. The van der Waals surface area contributed by atoms with E-state index in [-0.39, 0.29) is 11.9 Å². The van der Waals surface area contributed by atoms with Crippen LogP contribution >= 0.6 is 0 Å². The first kappa shape index (κ1) is 13.9. The summed E-state index contributed by atoms with van der Waals surface area (Å²) in [6, 6.07) is 2.25. The molecule has 1 amide bonds. The average molecular weight is 211 g/mol. The van der Waals surface area contributed by atoms with Crippen LogP contribution in [0.2, 0.25) is 0 Å². The highest BCUT2D eigenvalue weighted by atomic mass is 16.2. The Morgan fingerprint density at radius 3 is 2.67 bits per heavy atom. The summed E-state index contributed by atoms with van der Waals surface area (Å²) in [4.78, 5) is 13.5. The molecule has 0 heterocycles. The smallest absolute Gasteiger partial charge is 0.222 e. The third-order valence-electron chi connectivity index (χ3n) is 2.23. The summed E-state index contributed by atoms with van der Waals surface area (Å²) in [6.45, 7) is 5.36. The predicted molar refractivity (Wildman–Crippen MR) is 60.2 cm³/mol. The van der Waals surface area contributed by atoms with E-state index in [0.717, 1.165) is 13.0 Å². The first-order valence-corrected chi connectivity index (χ1v) is 5.44. The highest BCUT2D eigenvalue weighted by Crippen LogP contribution is 2.04. The van der Waals surface area contributed by atoms with Gasteiger partial charge in [0.25, 0.3) is 0 Å². The Balaban J connectivity index is 4.00. The minimum absolute atomic E-state index is 0.149. The summed E-state index contributed by atoms with van der Waals surface area (Å²) in [5.74, 6) is 0.149. The van der Waals surface area contributed by atoms with Crippen LogP contribution in [0.25, 0.3) is 0 Å². The molecule has 0 aromatic carbocycles. The summed E-state index contributed by atoms with van der Waals surface area (Å²) < 4.78 is 0. The summed E-state index contributed by atoms with van der Waals surface area (Å²) in [5, 5.41) is 11.5. The van der Waals surface area contributed by atoms with Crippen LogP contribution in [-0.4, -0.2) is 37.0 Å². The van der Waals surface area contributed by atoms with Crippen LogP contribution in [0, 0.1) is 11.3 Å². The normalized spacial score (nSPS) is 10.1. The quantitative estimate of drug-likeness (QED) is 0.642. The van der Waals surface area contributed by atoms with Crippen LogP contribution in [0.3, 0.4) is 0 Å². The Morgan fingerprint density at radius 2 is 2.20 bits per heavy atom. The van der Waals surface area contributed by atoms with Crippen LogP contribution < -0.4 is 5.32 Å². The van der Waals surface area contributed by atoms with Gasteiger partial charge in [0.2, 0.25) is 5.91 Å².